The Morgan fingerprint density at radius 2 is 1.95 bits per heavy atom. The maximum atomic E-state index is 12.4. The minimum Gasteiger partial charge on any atom is -0.342 e. The molecule has 100 valence electrons. The van der Waals surface area contributed by atoms with Gasteiger partial charge in [0.15, 0.2) is 0 Å². The van der Waals surface area contributed by atoms with Crippen LogP contribution < -0.4 is 4.90 Å². The van der Waals surface area contributed by atoms with Crippen molar-refractivity contribution in [3.8, 4) is 0 Å². The van der Waals surface area contributed by atoms with Crippen LogP contribution in [-0.4, -0.2) is 27.9 Å². The second-order valence-electron chi connectivity index (χ2n) is 4.62. The number of fused-ring (bicyclic) bond motifs is 1. The summed E-state index contributed by atoms with van der Waals surface area (Å²) in [6.45, 7) is 1.91. The van der Waals surface area contributed by atoms with Crippen molar-refractivity contribution in [3.63, 3.8) is 0 Å². The van der Waals surface area contributed by atoms with Gasteiger partial charge in [-0.15, -0.1) is 0 Å². The van der Waals surface area contributed by atoms with Crippen molar-refractivity contribution >= 4 is 22.6 Å². The van der Waals surface area contributed by atoms with Crippen molar-refractivity contribution in [1.82, 2.24) is 15.0 Å². The van der Waals surface area contributed by atoms with Gasteiger partial charge in [0.05, 0.1) is 11.0 Å². The minimum absolute atomic E-state index is 0.0667. The number of aromatic nitrogens is 3. The number of benzene rings is 1. The quantitative estimate of drug-likeness (QED) is 0.775. The molecule has 3 rings (SSSR count). The van der Waals surface area contributed by atoms with Crippen LogP contribution in [0, 0.1) is 6.92 Å². The first-order valence-electron chi connectivity index (χ1n) is 6.29. The van der Waals surface area contributed by atoms with Gasteiger partial charge in [-0.25, -0.2) is 4.98 Å². The lowest BCUT2D eigenvalue weighted by atomic mass is 10.2. The zero-order valence-corrected chi connectivity index (χ0v) is 11.3. The van der Waals surface area contributed by atoms with E-state index in [1.54, 1.807) is 36.5 Å². The lowest BCUT2D eigenvalue weighted by Gasteiger charge is -2.17. The van der Waals surface area contributed by atoms with Crippen LogP contribution in [0.15, 0.2) is 42.7 Å². The fraction of sp³-hybridized carbons (Fsp3) is 0.133. The number of nitrogens with one attached hydrogen (secondary N) is 1. The van der Waals surface area contributed by atoms with E-state index in [1.165, 1.54) is 0 Å². The first-order valence-corrected chi connectivity index (χ1v) is 6.29. The third kappa shape index (κ3) is 2.14. The number of pyridine rings is 1. The number of hydrogen-bond acceptors (Lipinski definition) is 3. The number of rotatable bonds is 2. The van der Waals surface area contributed by atoms with E-state index in [2.05, 4.69) is 15.0 Å². The molecule has 0 fully saturated rings. The van der Waals surface area contributed by atoms with Gasteiger partial charge in [-0.2, -0.15) is 0 Å². The van der Waals surface area contributed by atoms with E-state index in [1.807, 2.05) is 25.1 Å². The maximum Gasteiger partial charge on any atom is 0.258 e. The number of amides is 1. The molecule has 2 heterocycles. The summed E-state index contributed by atoms with van der Waals surface area (Å²) in [5.41, 5.74) is 3.26. The highest BCUT2D eigenvalue weighted by molar-refractivity contribution is 6.06. The Labute approximate surface area is 116 Å². The molecule has 0 unspecified atom stereocenters. The van der Waals surface area contributed by atoms with E-state index in [4.69, 9.17) is 0 Å². The number of carbonyl (C=O) groups is 1. The van der Waals surface area contributed by atoms with Crippen LogP contribution >= 0.6 is 0 Å². The molecule has 0 aliphatic carbocycles. The molecule has 5 heteroatoms. The van der Waals surface area contributed by atoms with E-state index < -0.39 is 0 Å². The molecule has 0 bridgehead atoms. The monoisotopic (exact) mass is 266 g/mol. The van der Waals surface area contributed by atoms with Crippen molar-refractivity contribution in [3.05, 3.63) is 54.1 Å². The minimum atomic E-state index is -0.0667. The second-order valence-corrected chi connectivity index (χ2v) is 4.62. The Balaban J connectivity index is 1.95. The van der Waals surface area contributed by atoms with Crippen LogP contribution in [0.2, 0.25) is 0 Å². The van der Waals surface area contributed by atoms with Gasteiger partial charge in [-0.05, 0) is 37.3 Å². The molecule has 0 aliphatic rings. The Kier molecular flexibility index (Phi) is 2.95. The Morgan fingerprint density at radius 3 is 2.70 bits per heavy atom. The lowest BCUT2D eigenvalue weighted by molar-refractivity contribution is 0.0993. The largest absolute Gasteiger partial charge is 0.342 e. The highest BCUT2D eigenvalue weighted by Crippen LogP contribution is 2.21. The van der Waals surface area contributed by atoms with Gasteiger partial charge >= 0.3 is 0 Å². The molecular formula is C15H14N4O. The Hall–Kier alpha value is -2.69. The van der Waals surface area contributed by atoms with Crippen molar-refractivity contribution in [2.75, 3.05) is 11.9 Å². The smallest absolute Gasteiger partial charge is 0.258 e. The normalized spacial score (nSPS) is 10.7. The number of aromatic amines is 1. The highest BCUT2D eigenvalue weighted by Gasteiger charge is 2.14. The van der Waals surface area contributed by atoms with Gasteiger partial charge in [0, 0.05) is 30.7 Å². The predicted octanol–water partition coefficient (Wildman–Crippen LogP) is 2.54. The van der Waals surface area contributed by atoms with Gasteiger partial charge < -0.3 is 9.88 Å². The number of anilines is 1. The van der Waals surface area contributed by atoms with Gasteiger partial charge in [-0.1, -0.05) is 0 Å². The van der Waals surface area contributed by atoms with Crippen molar-refractivity contribution in [2.24, 2.45) is 0 Å². The molecule has 3 aromatic rings. The molecular weight excluding hydrogens is 252 g/mol. The Bertz CT molecular complexity index is 764. The van der Waals surface area contributed by atoms with E-state index >= 15 is 0 Å². The zero-order valence-electron chi connectivity index (χ0n) is 11.3. The molecule has 1 N–H and O–H groups in total. The molecule has 2 aromatic heterocycles. The average molecular weight is 266 g/mol. The number of carbonyl (C=O) groups excluding carboxylic acids is 1. The third-order valence-corrected chi connectivity index (χ3v) is 3.20. The fourth-order valence-corrected chi connectivity index (χ4v) is 2.14. The topological polar surface area (TPSA) is 61.9 Å². The molecule has 0 aliphatic heterocycles. The molecule has 0 radical (unpaired) electrons. The molecule has 1 aromatic carbocycles. The van der Waals surface area contributed by atoms with Crippen LogP contribution in [0.5, 0.6) is 0 Å². The predicted molar refractivity (Wildman–Crippen MR) is 77.8 cm³/mol. The van der Waals surface area contributed by atoms with E-state index in [-0.39, 0.29) is 5.91 Å². The van der Waals surface area contributed by atoms with Crippen molar-refractivity contribution in [1.29, 1.82) is 0 Å². The zero-order chi connectivity index (χ0) is 14.1. The number of aryl methyl sites for hydroxylation is 1. The van der Waals surface area contributed by atoms with Gasteiger partial charge in [0.25, 0.3) is 5.91 Å². The summed E-state index contributed by atoms with van der Waals surface area (Å²) in [7, 11) is 1.76. The molecule has 5 nitrogen and oxygen atoms in total. The van der Waals surface area contributed by atoms with Gasteiger partial charge in [0.2, 0.25) is 0 Å². The van der Waals surface area contributed by atoms with Gasteiger partial charge in [-0.3, -0.25) is 9.78 Å². The summed E-state index contributed by atoms with van der Waals surface area (Å²) in [6.07, 6.45) is 3.23. The average Bonchev–Trinajstić information content (AvgIpc) is 2.85. The number of H-pyrrole nitrogens is 1. The maximum absolute atomic E-state index is 12.4. The van der Waals surface area contributed by atoms with Crippen LogP contribution in [-0.2, 0) is 0 Å². The van der Waals surface area contributed by atoms with Crippen LogP contribution in [0.1, 0.15) is 16.2 Å². The summed E-state index contributed by atoms with van der Waals surface area (Å²) < 4.78 is 0. The summed E-state index contributed by atoms with van der Waals surface area (Å²) in [6, 6.07) is 9.13. The molecule has 0 atom stereocenters. The van der Waals surface area contributed by atoms with Crippen LogP contribution in [0.3, 0.4) is 0 Å². The Morgan fingerprint density at radius 1 is 1.20 bits per heavy atom. The number of hydrogen-bond donors (Lipinski definition) is 1. The van der Waals surface area contributed by atoms with Crippen molar-refractivity contribution in [2.45, 2.75) is 6.92 Å². The molecule has 0 saturated heterocycles. The first-order chi connectivity index (χ1) is 9.65. The molecule has 1 amide bonds. The third-order valence-electron chi connectivity index (χ3n) is 3.20. The molecule has 0 spiro atoms. The van der Waals surface area contributed by atoms with E-state index in [9.17, 15) is 4.79 Å². The summed E-state index contributed by atoms with van der Waals surface area (Å²) >= 11 is 0. The number of nitrogens with zero attached hydrogens (tertiary/aromatic N) is 3. The van der Waals surface area contributed by atoms with Gasteiger partial charge in [0.1, 0.15) is 5.82 Å². The first kappa shape index (κ1) is 12.3. The number of imidazole rings is 1. The van der Waals surface area contributed by atoms with E-state index in [0.717, 1.165) is 22.5 Å². The fourth-order valence-electron chi connectivity index (χ4n) is 2.14. The van der Waals surface area contributed by atoms with E-state index in [0.29, 0.717) is 5.56 Å². The highest BCUT2D eigenvalue weighted by atomic mass is 16.2. The van der Waals surface area contributed by atoms with Crippen molar-refractivity contribution < 1.29 is 4.79 Å². The summed E-state index contributed by atoms with van der Waals surface area (Å²) in [5, 5.41) is 0. The lowest BCUT2D eigenvalue weighted by Crippen LogP contribution is -2.26. The van der Waals surface area contributed by atoms with Crippen LogP contribution in [0.25, 0.3) is 11.0 Å². The second kappa shape index (κ2) is 4.77. The van der Waals surface area contributed by atoms with Crippen LogP contribution in [0.4, 0.5) is 5.69 Å². The molecule has 20 heavy (non-hydrogen) atoms. The molecule has 0 saturated carbocycles. The summed E-state index contributed by atoms with van der Waals surface area (Å²) in [4.78, 5) is 25.4. The summed E-state index contributed by atoms with van der Waals surface area (Å²) in [5.74, 6) is 0.795. The SMILES string of the molecule is Cc1nc2ccc(N(C)C(=O)c3ccncc3)cc2[nH]1. The standard InChI is InChI=1S/C15H14N4O/c1-10-17-13-4-3-12(9-14(13)18-10)19(2)15(20)11-5-7-16-8-6-11/h3-9H,1-2H3,(H,17,18).